The maximum atomic E-state index is 11.8. The summed E-state index contributed by atoms with van der Waals surface area (Å²) < 4.78 is 28.4. The number of benzene rings is 1. The molecule has 0 N–H and O–H groups in total. The van der Waals surface area contributed by atoms with Crippen LogP contribution in [0.1, 0.15) is 18.4 Å². The van der Waals surface area contributed by atoms with Gasteiger partial charge in [0.25, 0.3) is 6.43 Å². The second-order valence-electron chi connectivity index (χ2n) is 3.12. The van der Waals surface area contributed by atoms with Crippen molar-refractivity contribution >= 4 is 0 Å². The van der Waals surface area contributed by atoms with Crippen molar-refractivity contribution in [2.45, 2.75) is 19.3 Å². The van der Waals surface area contributed by atoms with Gasteiger partial charge in [0.15, 0.2) is 0 Å². The Labute approximate surface area is 87.1 Å². The topological polar surface area (TPSA) is 33.0 Å². The molecule has 0 amide bonds. The molecule has 2 nitrogen and oxygen atoms in total. The van der Waals surface area contributed by atoms with Gasteiger partial charge in [0.2, 0.25) is 0 Å². The van der Waals surface area contributed by atoms with Crippen LogP contribution in [0, 0.1) is 11.3 Å². The van der Waals surface area contributed by atoms with Gasteiger partial charge < -0.3 is 4.74 Å². The van der Waals surface area contributed by atoms with Crippen LogP contribution in [0.4, 0.5) is 8.78 Å². The second kappa shape index (κ2) is 5.30. The lowest BCUT2D eigenvalue weighted by atomic mass is 10.0. The number of ether oxygens (including phenoxy) is 1. The molecule has 1 atom stereocenters. The quantitative estimate of drug-likeness (QED) is 0.767. The van der Waals surface area contributed by atoms with Crippen LogP contribution >= 0.6 is 0 Å². The summed E-state index contributed by atoms with van der Waals surface area (Å²) in [5, 5.41) is 8.65. The summed E-state index contributed by atoms with van der Waals surface area (Å²) in [6.07, 6.45) is -2.47. The van der Waals surface area contributed by atoms with Crippen molar-refractivity contribution in [1.29, 1.82) is 5.26 Å². The molecule has 80 valence electrons. The van der Waals surface area contributed by atoms with E-state index in [9.17, 15) is 8.78 Å². The first kappa shape index (κ1) is 11.4. The molecule has 0 aliphatic carbocycles. The monoisotopic (exact) mass is 211 g/mol. The molecule has 1 aromatic rings. The molecule has 0 saturated heterocycles. The predicted octanol–water partition coefficient (Wildman–Crippen LogP) is 2.96. The van der Waals surface area contributed by atoms with E-state index in [-0.39, 0.29) is 5.92 Å². The van der Waals surface area contributed by atoms with Crippen LogP contribution in [0.2, 0.25) is 0 Å². The zero-order valence-electron chi connectivity index (χ0n) is 8.28. The molecule has 1 unspecified atom stereocenters. The summed E-state index contributed by atoms with van der Waals surface area (Å²) in [6.45, 7) is 1.17. The molecule has 0 aromatic heterocycles. The van der Waals surface area contributed by atoms with E-state index in [2.05, 4.69) is 6.07 Å². The van der Waals surface area contributed by atoms with Gasteiger partial charge in [0, 0.05) is 0 Å². The Balaban J connectivity index is 2.61. The van der Waals surface area contributed by atoms with Crippen LogP contribution in [0.25, 0.3) is 0 Å². The van der Waals surface area contributed by atoms with Gasteiger partial charge in [-0.25, -0.2) is 8.78 Å². The smallest absolute Gasteiger partial charge is 0.272 e. The molecule has 0 heterocycles. The van der Waals surface area contributed by atoms with Gasteiger partial charge in [-0.2, -0.15) is 5.26 Å². The Morgan fingerprint density at radius 2 is 1.93 bits per heavy atom. The van der Waals surface area contributed by atoms with Crippen LogP contribution in [0.5, 0.6) is 5.75 Å². The lowest BCUT2D eigenvalue weighted by Crippen LogP contribution is -2.06. The molecule has 0 saturated carbocycles. The minimum atomic E-state index is -2.47. The first-order chi connectivity index (χ1) is 7.13. The van der Waals surface area contributed by atoms with Crippen molar-refractivity contribution in [2.75, 3.05) is 6.61 Å². The maximum Gasteiger partial charge on any atom is 0.272 e. The average molecular weight is 211 g/mol. The number of alkyl halides is 2. The van der Waals surface area contributed by atoms with Gasteiger partial charge in [0.05, 0.1) is 12.0 Å². The molecule has 15 heavy (non-hydrogen) atoms. The van der Waals surface area contributed by atoms with E-state index in [0.29, 0.717) is 5.75 Å². The lowest BCUT2D eigenvalue weighted by molar-refractivity contribution is 0.0819. The van der Waals surface area contributed by atoms with Gasteiger partial charge in [-0.05, 0) is 24.6 Å². The SMILES string of the molecule is CC(C#N)c1ccc(OCC(F)F)cc1. The number of hydrogen-bond donors (Lipinski definition) is 0. The van der Waals surface area contributed by atoms with Gasteiger partial charge >= 0.3 is 0 Å². The first-order valence-electron chi connectivity index (χ1n) is 4.54. The Hall–Kier alpha value is -1.63. The molecular weight excluding hydrogens is 200 g/mol. The van der Waals surface area contributed by atoms with E-state index >= 15 is 0 Å². The predicted molar refractivity (Wildman–Crippen MR) is 52.0 cm³/mol. The maximum absolute atomic E-state index is 11.8. The Morgan fingerprint density at radius 3 is 2.40 bits per heavy atom. The van der Waals surface area contributed by atoms with Crippen molar-refractivity contribution < 1.29 is 13.5 Å². The van der Waals surface area contributed by atoms with Gasteiger partial charge in [-0.15, -0.1) is 0 Å². The van der Waals surface area contributed by atoms with Crippen LogP contribution in [-0.2, 0) is 0 Å². The minimum absolute atomic E-state index is 0.200. The zero-order valence-corrected chi connectivity index (χ0v) is 8.28. The largest absolute Gasteiger partial charge is 0.488 e. The first-order valence-corrected chi connectivity index (χ1v) is 4.54. The fourth-order valence-electron chi connectivity index (χ4n) is 1.09. The number of hydrogen-bond acceptors (Lipinski definition) is 2. The summed E-state index contributed by atoms with van der Waals surface area (Å²) in [5.74, 6) is 0.193. The van der Waals surface area contributed by atoms with E-state index in [1.165, 1.54) is 0 Å². The molecule has 4 heteroatoms. The summed E-state index contributed by atoms with van der Waals surface area (Å²) in [6, 6.07) is 8.67. The highest BCUT2D eigenvalue weighted by Crippen LogP contribution is 2.18. The normalized spacial score (nSPS) is 12.2. The zero-order chi connectivity index (χ0) is 11.3. The third kappa shape index (κ3) is 3.55. The molecule has 1 aromatic carbocycles. The number of halogens is 2. The Bertz CT molecular complexity index is 343. The number of rotatable bonds is 4. The van der Waals surface area contributed by atoms with Gasteiger partial charge in [-0.1, -0.05) is 12.1 Å². The third-order valence-corrected chi connectivity index (χ3v) is 1.95. The summed E-state index contributed by atoms with van der Waals surface area (Å²) in [5.41, 5.74) is 0.849. The van der Waals surface area contributed by atoms with Crippen molar-refractivity contribution in [2.24, 2.45) is 0 Å². The molecular formula is C11H11F2NO. The summed E-state index contributed by atoms with van der Waals surface area (Å²) in [7, 11) is 0. The van der Waals surface area contributed by atoms with E-state index < -0.39 is 13.0 Å². The molecule has 0 aliphatic heterocycles. The summed E-state index contributed by atoms with van der Waals surface area (Å²) >= 11 is 0. The Morgan fingerprint density at radius 1 is 1.33 bits per heavy atom. The fourth-order valence-corrected chi connectivity index (χ4v) is 1.09. The molecule has 0 radical (unpaired) electrons. The standard InChI is InChI=1S/C11H11F2NO/c1-8(6-14)9-2-4-10(5-3-9)15-7-11(12)13/h2-5,8,11H,7H2,1H3. The Kier molecular flexibility index (Phi) is 4.04. The number of nitriles is 1. The van der Waals surface area contributed by atoms with Crippen molar-refractivity contribution in [3.8, 4) is 11.8 Å². The highest BCUT2D eigenvalue weighted by atomic mass is 19.3. The van der Waals surface area contributed by atoms with Gasteiger partial charge in [0.1, 0.15) is 12.4 Å². The van der Waals surface area contributed by atoms with E-state index in [1.807, 2.05) is 0 Å². The molecule has 1 rings (SSSR count). The highest BCUT2D eigenvalue weighted by molar-refractivity contribution is 5.31. The molecule has 0 spiro atoms. The number of nitrogens with zero attached hydrogens (tertiary/aromatic N) is 1. The molecule has 0 fully saturated rings. The van der Waals surface area contributed by atoms with Crippen LogP contribution < -0.4 is 4.74 Å². The third-order valence-electron chi connectivity index (χ3n) is 1.95. The second-order valence-corrected chi connectivity index (χ2v) is 3.12. The summed E-state index contributed by atoms with van der Waals surface area (Å²) in [4.78, 5) is 0. The van der Waals surface area contributed by atoms with Crippen LogP contribution in [-0.4, -0.2) is 13.0 Å². The van der Waals surface area contributed by atoms with E-state index in [1.54, 1.807) is 31.2 Å². The fraction of sp³-hybridized carbons (Fsp3) is 0.364. The van der Waals surface area contributed by atoms with E-state index in [4.69, 9.17) is 10.00 Å². The van der Waals surface area contributed by atoms with Crippen LogP contribution in [0.3, 0.4) is 0 Å². The van der Waals surface area contributed by atoms with E-state index in [0.717, 1.165) is 5.56 Å². The minimum Gasteiger partial charge on any atom is -0.488 e. The van der Waals surface area contributed by atoms with Crippen LogP contribution in [0.15, 0.2) is 24.3 Å². The van der Waals surface area contributed by atoms with Crippen molar-refractivity contribution in [1.82, 2.24) is 0 Å². The van der Waals surface area contributed by atoms with Gasteiger partial charge in [-0.3, -0.25) is 0 Å². The van der Waals surface area contributed by atoms with Crippen molar-refractivity contribution in [3.63, 3.8) is 0 Å². The highest BCUT2D eigenvalue weighted by Gasteiger charge is 2.05. The average Bonchev–Trinajstić information content (AvgIpc) is 2.26. The molecule has 0 aliphatic rings. The lowest BCUT2D eigenvalue weighted by Gasteiger charge is -2.07. The van der Waals surface area contributed by atoms with Crippen molar-refractivity contribution in [3.05, 3.63) is 29.8 Å². The molecule has 0 bridgehead atoms.